The van der Waals surface area contributed by atoms with Crippen LogP contribution in [0.4, 0.5) is 11.4 Å². The van der Waals surface area contributed by atoms with Gasteiger partial charge in [-0.25, -0.2) is 0 Å². The molecule has 5 heteroatoms. The Kier molecular flexibility index (Phi) is 6.44. The van der Waals surface area contributed by atoms with Crippen LogP contribution in [0.2, 0.25) is 0 Å². The zero-order valence-corrected chi connectivity index (χ0v) is 15.4. The highest BCUT2D eigenvalue weighted by molar-refractivity contribution is 7.80. The van der Waals surface area contributed by atoms with Crippen LogP contribution in [-0.4, -0.2) is 19.3 Å². The van der Waals surface area contributed by atoms with E-state index < -0.39 is 0 Å². The number of para-hydroxylation sites is 1. The summed E-state index contributed by atoms with van der Waals surface area (Å²) in [6.45, 7) is 4.39. The summed E-state index contributed by atoms with van der Waals surface area (Å²) in [7, 11) is 3.26. The van der Waals surface area contributed by atoms with Gasteiger partial charge in [0.05, 0.1) is 19.9 Å². The third kappa shape index (κ3) is 4.38. The predicted molar refractivity (Wildman–Crippen MR) is 105 cm³/mol. The topological polar surface area (TPSA) is 42.5 Å². The van der Waals surface area contributed by atoms with Crippen LogP contribution < -0.4 is 20.1 Å². The molecule has 0 radical (unpaired) electrons. The van der Waals surface area contributed by atoms with E-state index in [0.717, 1.165) is 23.5 Å². The largest absolute Gasteiger partial charge is 0.497 e. The maximum absolute atomic E-state index is 5.47. The van der Waals surface area contributed by atoms with Crippen LogP contribution in [0.15, 0.2) is 42.5 Å². The fourth-order valence-electron chi connectivity index (χ4n) is 2.45. The van der Waals surface area contributed by atoms with Crippen molar-refractivity contribution in [3.05, 3.63) is 48.0 Å². The lowest BCUT2D eigenvalue weighted by Crippen LogP contribution is -2.20. The lowest BCUT2D eigenvalue weighted by atomic mass is 9.97. The normalized spacial score (nSPS) is 11.5. The molecule has 2 N–H and O–H groups in total. The van der Waals surface area contributed by atoms with Gasteiger partial charge in [-0.05, 0) is 48.3 Å². The van der Waals surface area contributed by atoms with Gasteiger partial charge in [0.15, 0.2) is 5.11 Å². The standard InChI is InChI=1S/C19H24N2O2S/c1-5-13(2)15-8-6-7-9-16(15)20-19(24)21-17-12-14(22-3)10-11-18(17)23-4/h6-13H,5H2,1-4H3,(H2,20,21,24)/t13-/m1/s1. The molecule has 0 saturated heterocycles. The fourth-order valence-corrected chi connectivity index (χ4v) is 2.67. The minimum Gasteiger partial charge on any atom is -0.497 e. The number of anilines is 2. The van der Waals surface area contributed by atoms with Crippen molar-refractivity contribution in [2.24, 2.45) is 0 Å². The number of hydrogen-bond acceptors (Lipinski definition) is 3. The van der Waals surface area contributed by atoms with E-state index >= 15 is 0 Å². The number of rotatable bonds is 6. The number of thiocarbonyl (C=S) groups is 1. The molecule has 2 aromatic rings. The van der Waals surface area contributed by atoms with Crippen LogP contribution in [0.5, 0.6) is 11.5 Å². The molecule has 24 heavy (non-hydrogen) atoms. The maximum Gasteiger partial charge on any atom is 0.175 e. The van der Waals surface area contributed by atoms with Crippen LogP contribution in [0.25, 0.3) is 0 Å². The smallest absolute Gasteiger partial charge is 0.175 e. The van der Waals surface area contributed by atoms with Crippen molar-refractivity contribution in [2.75, 3.05) is 24.9 Å². The van der Waals surface area contributed by atoms with Gasteiger partial charge < -0.3 is 20.1 Å². The lowest BCUT2D eigenvalue weighted by Gasteiger charge is -2.18. The van der Waals surface area contributed by atoms with Gasteiger partial charge in [0.2, 0.25) is 0 Å². The van der Waals surface area contributed by atoms with Crippen LogP contribution >= 0.6 is 12.2 Å². The zero-order chi connectivity index (χ0) is 17.5. The summed E-state index contributed by atoms with van der Waals surface area (Å²) in [6, 6.07) is 13.8. The molecule has 0 fully saturated rings. The zero-order valence-electron chi connectivity index (χ0n) is 14.6. The second kappa shape index (κ2) is 8.55. The van der Waals surface area contributed by atoms with E-state index in [-0.39, 0.29) is 0 Å². The Morgan fingerprint density at radius 2 is 1.75 bits per heavy atom. The maximum atomic E-state index is 5.47. The highest BCUT2D eigenvalue weighted by Gasteiger charge is 2.11. The van der Waals surface area contributed by atoms with E-state index in [4.69, 9.17) is 21.7 Å². The van der Waals surface area contributed by atoms with E-state index in [1.807, 2.05) is 36.4 Å². The molecule has 0 aliphatic carbocycles. The molecule has 2 aromatic carbocycles. The van der Waals surface area contributed by atoms with Crippen molar-refractivity contribution in [2.45, 2.75) is 26.2 Å². The molecule has 0 unspecified atom stereocenters. The van der Waals surface area contributed by atoms with Crippen LogP contribution in [0, 0.1) is 0 Å². The minimum atomic E-state index is 0.461. The summed E-state index contributed by atoms with van der Waals surface area (Å²) in [5, 5.41) is 6.98. The molecule has 0 aromatic heterocycles. The summed E-state index contributed by atoms with van der Waals surface area (Å²) in [4.78, 5) is 0. The molecule has 0 aliphatic rings. The number of hydrogen-bond donors (Lipinski definition) is 2. The average molecular weight is 344 g/mol. The molecule has 2 rings (SSSR count). The molecular formula is C19H24N2O2S. The van der Waals surface area contributed by atoms with Crippen LogP contribution in [0.1, 0.15) is 31.7 Å². The van der Waals surface area contributed by atoms with Crippen molar-refractivity contribution < 1.29 is 9.47 Å². The van der Waals surface area contributed by atoms with Gasteiger partial charge in [0.25, 0.3) is 0 Å². The first-order chi connectivity index (χ1) is 11.6. The number of methoxy groups -OCH3 is 2. The summed E-state index contributed by atoms with van der Waals surface area (Å²) in [5.41, 5.74) is 3.03. The highest BCUT2D eigenvalue weighted by Crippen LogP contribution is 2.30. The van der Waals surface area contributed by atoms with Gasteiger partial charge in [0, 0.05) is 11.8 Å². The molecule has 0 saturated carbocycles. The SMILES string of the molecule is CC[C@@H](C)c1ccccc1NC(=S)Nc1cc(OC)ccc1OC. The summed E-state index contributed by atoms with van der Waals surface area (Å²) >= 11 is 5.47. The Morgan fingerprint density at radius 3 is 2.42 bits per heavy atom. The molecule has 0 heterocycles. The second-order valence-corrected chi connectivity index (χ2v) is 5.95. The molecule has 0 aliphatic heterocycles. The van der Waals surface area contributed by atoms with Crippen molar-refractivity contribution in [1.82, 2.24) is 0 Å². The predicted octanol–water partition coefficient (Wildman–Crippen LogP) is 5.03. The van der Waals surface area contributed by atoms with E-state index in [0.29, 0.717) is 16.8 Å². The molecule has 1 atom stereocenters. The average Bonchev–Trinajstić information content (AvgIpc) is 2.61. The number of nitrogens with one attached hydrogen (secondary N) is 2. The summed E-state index contributed by atoms with van der Waals surface area (Å²) < 4.78 is 10.6. The summed E-state index contributed by atoms with van der Waals surface area (Å²) in [6.07, 6.45) is 1.07. The van der Waals surface area contributed by atoms with E-state index in [9.17, 15) is 0 Å². The highest BCUT2D eigenvalue weighted by atomic mass is 32.1. The van der Waals surface area contributed by atoms with E-state index in [1.54, 1.807) is 14.2 Å². The Hall–Kier alpha value is -2.27. The Morgan fingerprint density at radius 1 is 1.04 bits per heavy atom. The van der Waals surface area contributed by atoms with Crippen molar-refractivity contribution in [1.29, 1.82) is 0 Å². The quantitative estimate of drug-likeness (QED) is 0.720. The molecular weight excluding hydrogens is 320 g/mol. The van der Waals surface area contributed by atoms with Crippen molar-refractivity contribution in [3.8, 4) is 11.5 Å². The van der Waals surface area contributed by atoms with Crippen LogP contribution in [-0.2, 0) is 0 Å². The van der Waals surface area contributed by atoms with Gasteiger partial charge in [-0.3, -0.25) is 0 Å². The Balaban J connectivity index is 2.17. The van der Waals surface area contributed by atoms with Crippen LogP contribution in [0.3, 0.4) is 0 Å². The molecule has 4 nitrogen and oxygen atoms in total. The molecule has 0 bridgehead atoms. The third-order valence-corrected chi connectivity index (χ3v) is 4.21. The summed E-state index contributed by atoms with van der Waals surface area (Å²) in [5.74, 6) is 1.90. The molecule has 0 amide bonds. The van der Waals surface area contributed by atoms with Gasteiger partial charge in [-0.1, -0.05) is 32.0 Å². The van der Waals surface area contributed by atoms with E-state index in [1.165, 1.54) is 5.56 Å². The third-order valence-electron chi connectivity index (χ3n) is 4.01. The first-order valence-electron chi connectivity index (χ1n) is 7.98. The van der Waals surface area contributed by atoms with Crippen molar-refractivity contribution >= 4 is 28.7 Å². The number of benzene rings is 2. The Labute approximate surface area is 149 Å². The van der Waals surface area contributed by atoms with Gasteiger partial charge >= 0.3 is 0 Å². The van der Waals surface area contributed by atoms with Gasteiger partial charge in [-0.15, -0.1) is 0 Å². The first-order valence-corrected chi connectivity index (χ1v) is 8.38. The Bertz CT molecular complexity index is 704. The van der Waals surface area contributed by atoms with Crippen molar-refractivity contribution in [3.63, 3.8) is 0 Å². The molecule has 128 valence electrons. The first kappa shape index (κ1) is 18.1. The fraction of sp³-hybridized carbons (Fsp3) is 0.316. The number of ether oxygens (including phenoxy) is 2. The van der Waals surface area contributed by atoms with Gasteiger partial charge in [-0.2, -0.15) is 0 Å². The lowest BCUT2D eigenvalue weighted by molar-refractivity contribution is 0.405. The van der Waals surface area contributed by atoms with Gasteiger partial charge in [0.1, 0.15) is 11.5 Å². The minimum absolute atomic E-state index is 0.461. The monoisotopic (exact) mass is 344 g/mol. The van der Waals surface area contributed by atoms with E-state index in [2.05, 4.69) is 30.5 Å². The molecule has 0 spiro atoms. The second-order valence-electron chi connectivity index (χ2n) is 5.54.